The van der Waals surface area contributed by atoms with Crippen LogP contribution in [0.15, 0.2) is 47.4 Å². The molecule has 5 nitrogen and oxygen atoms in total. The largest absolute Gasteiger partial charge is 0.369 e. The van der Waals surface area contributed by atoms with E-state index in [1.54, 1.807) is 19.1 Å². The van der Waals surface area contributed by atoms with Gasteiger partial charge in [0.1, 0.15) is 0 Å². The highest BCUT2D eigenvalue weighted by Gasteiger charge is 2.19. The van der Waals surface area contributed by atoms with Crippen LogP contribution in [-0.2, 0) is 10.0 Å². The second-order valence-electron chi connectivity index (χ2n) is 6.97. The summed E-state index contributed by atoms with van der Waals surface area (Å²) in [6.45, 7) is 6.87. The lowest BCUT2D eigenvalue weighted by Gasteiger charge is -2.36. The van der Waals surface area contributed by atoms with Crippen LogP contribution in [0.4, 0.5) is 5.69 Å². The molecule has 0 spiro atoms. The minimum Gasteiger partial charge on any atom is -0.369 e. The smallest absolute Gasteiger partial charge is 0.240 e. The Balaban J connectivity index is 1.42. The first kappa shape index (κ1) is 21.4. The van der Waals surface area contributed by atoms with E-state index in [2.05, 4.69) is 14.5 Å². The molecule has 0 radical (unpaired) electrons. The highest BCUT2D eigenvalue weighted by Crippen LogP contribution is 2.21. The summed E-state index contributed by atoms with van der Waals surface area (Å²) in [5.41, 5.74) is 1.88. The van der Waals surface area contributed by atoms with Crippen LogP contribution in [0.3, 0.4) is 0 Å². The molecular formula is C20H25Cl2N3O2S. The van der Waals surface area contributed by atoms with Gasteiger partial charge in [-0.05, 0) is 61.9 Å². The number of rotatable bonds is 7. The summed E-state index contributed by atoms with van der Waals surface area (Å²) in [4.78, 5) is 4.96. The summed E-state index contributed by atoms with van der Waals surface area (Å²) in [5, 5.41) is 1.17. The topological polar surface area (TPSA) is 52.7 Å². The molecule has 8 heteroatoms. The van der Waals surface area contributed by atoms with Gasteiger partial charge in [-0.15, -0.1) is 0 Å². The van der Waals surface area contributed by atoms with Crippen LogP contribution < -0.4 is 9.62 Å². The molecule has 1 aliphatic heterocycles. The molecule has 28 heavy (non-hydrogen) atoms. The highest BCUT2D eigenvalue weighted by atomic mass is 35.5. The molecule has 152 valence electrons. The van der Waals surface area contributed by atoms with Gasteiger partial charge in [-0.2, -0.15) is 0 Å². The fourth-order valence-corrected chi connectivity index (χ4v) is 5.04. The minimum atomic E-state index is -3.54. The number of anilines is 1. The Morgan fingerprint density at radius 1 is 0.964 bits per heavy atom. The van der Waals surface area contributed by atoms with Crippen molar-refractivity contribution in [1.29, 1.82) is 0 Å². The van der Waals surface area contributed by atoms with Gasteiger partial charge in [0, 0.05) is 48.5 Å². The van der Waals surface area contributed by atoms with Crippen LogP contribution in [0.1, 0.15) is 12.0 Å². The average Bonchev–Trinajstić information content (AvgIpc) is 2.68. The first-order chi connectivity index (χ1) is 13.3. The summed E-state index contributed by atoms with van der Waals surface area (Å²) < 4.78 is 27.6. The molecule has 2 aromatic carbocycles. The van der Waals surface area contributed by atoms with Crippen LogP contribution in [0.5, 0.6) is 0 Å². The number of aryl methyl sites for hydroxylation is 1. The van der Waals surface area contributed by atoms with Gasteiger partial charge in [-0.25, -0.2) is 13.1 Å². The highest BCUT2D eigenvalue weighted by molar-refractivity contribution is 7.89. The monoisotopic (exact) mass is 441 g/mol. The first-order valence-corrected chi connectivity index (χ1v) is 11.6. The van der Waals surface area contributed by atoms with Crippen LogP contribution >= 0.6 is 23.2 Å². The van der Waals surface area contributed by atoms with Crippen molar-refractivity contribution in [3.63, 3.8) is 0 Å². The van der Waals surface area contributed by atoms with E-state index in [1.807, 2.05) is 24.3 Å². The molecule has 0 amide bonds. The van der Waals surface area contributed by atoms with Gasteiger partial charge in [-0.1, -0.05) is 29.3 Å². The van der Waals surface area contributed by atoms with Crippen molar-refractivity contribution in [1.82, 2.24) is 9.62 Å². The number of halogens is 2. The number of nitrogens with one attached hydrogen (secondary N) is 1. The molecule has 3 rings (SSSR count). The number of benzene rings is 2. The zero-order chi connectivity index (χ0) is 20.1. The summed E-state index contributed by atoms with van der Waals surface area (Å²) >= 11 is 11.9. The average molecular weight is 442 g/mol. The molecule has 0 unspecified atom stereocenters. The van der Waals surface area contributed by atoms with Crippen molar-refractivity contribution < 1.29 is 8.42 Å². The zero-order valence-electron chi connectivity index (χ0n) is 15.9. The van der Waals surface area contributed by atoms with Gasteiger partial charge < -0.3 is 4.90 Å². The quantitative estimate of drug-likeness (QED) is 0.663. The summed E-state index contributed by atoms with van der Waals surface area (Å²) in [7, 11) is -3.54. The number of hydrogen-bond acceptors (Lipinski definition) is 4. The fraction of sp³-hybridized carbons (Fsp3) is 0.400. The fourth-order valence-electron chi connectivity index (χ4n) is 3.33. The number of piperazine rings is 1. The molecule has 2 aromatic rings. The van der Waals surface area contributed by atoms with Crippen LogP contribution in [0, 0.1) is 6.92 Å². The van der Waals surface area contributed by atoms with Gasteiger partial charge in [0.2, 0.25) is 10.0 Å². The first-order valence-electron chi connectivity index (χ1n) is 9.34. The third kappa shape index (κ3) is 5.61. The van der Waals surface area contributed by atoms with E-state index in [0.717, 1.165) is 44.2 Å². The Labute approximate surface area is 177 Å². The van der Waals surface area contributed by atoms with E-state index in [1.165, 1.54) is 11.8 Å². The summed E-state index contributed by atoms with van der Waals surface area (Å²) in [6.07, 6.45) is 0.764. The maximum absolute atomic E-state index is 12.5. The van der Waals surface area contributed by atoms with Crippen molar-refractivity contribution in [2.75, 3.05) is 44.2 Å². The van der Waals surface area contributed by atoms with Crippen LogP contribution in [0.2, 0.25) is 10.0 Å². The lowest BCUT2D eigenvalue weighted by atomic mass is 10.2. The third-order valence-corrected chi connectivity index (χ3v) is 7.04. The van der Waals surface area contributed by atoms with Crippen molar-refractivity contribution in [3.8, 4) is 0 Å². The summed E-state index contributed by atoms with van der Waals surface area (Å²) in [6, 6.07) is 12.8. The van der Waals surface area contributed by atoms with E-state index in [4.69, 9.17) is 23.2 Å². The van der Waals surface area contributed by atoms with Crippen molar-refractivity contribution in [2.24, 2.45) is 0 Å². The predicted molar refractivity (Wildman–Crippen MR) is 116 cm³/mol. The van der Waals surface area contributed by atoms with Gasteiger partial charge in [-0.3, -0.25) is 4.90 Å². The molecule has 0 aliphatic carbocycles. The molecule has 1 heterocycles. The molecule has 0 atom stereocenters. The number of sulfonamides is 1. The lowest BCUT2D eigenvalue weighted by molar-refractivity contribution is 0.255. The van der Waals surface area contributed by atoms with Gasteiger partial charge in [0.05, 0.1) is 4.90 Å². The van der Waals surface area contributed by atoms with Crippen molar-refractivity contribution >= 4 is 38.9 Å². The molecule has 1 fully saturated rings. The second-order valence-corrected chi connectivity index (χ2v) is 9.57. The Morgan fingerprint density at radius 2 is 1.61 bits per heavy atom. The second kappa shape index (κ2) is 9.46. The molecule has 0 aromatic heterocycles. The third-order valence-electron chi connectivity index (χ3n) is 4.95. The van der Waals surface area contributed by atoms with E-state index in [0.29, 0.717) is 17.1 Å². The molecule has 1 N–H and O–H groups in total. The number of hydrogen-bond donors (Lipinski definition) is 1. The maximum Gasteiger partial charge on any atom is 0.240 e. The normalized spacial score (nSPS) is 15.8. The molecule has 1 aliphatic rings. The van der Waals surface area contributed by atoms with Gasteiger partial charge >= 0.3 is 0 Å². The van der Waals surface area contributed by atoms with Gasteiger partial charge in [0.25, 0.3) is 0 Å². The SMILES string of the molecule is Cc1ccc(Cl)cc1S(=O)(=O)NCCCN1CCN(c2ccc(Cl)cc2)CC1. The van der Waals surface area contributed by atoms with E-state index in [-0.39, 0.29) is 4.90 Å². The van der Waals surface area contributed by atoms with Crippen molar-refractivity contribution in [2.45, 2.75) is 18.2 Å². The van der Waals surface area contributed by atoms with Crippen LogP contribution in [0.25, 0.3) is 0 Å². The van der Waals surface area contributed by atoms with E-state index in [9.17, 15) is 8.42 Å². The predicted octanol–water partition coefficient (Wildman–Crippen LogP) is 3.79. The Bertz CT molecular complexity index is 896. The minimum absolute atomic E-state index is 0.247. The number of nitrogens with zero attached hydrogens (tertiary/aromatic N) is 2. The van der Waals surface area contributed by atoms with Crippen LogP contribution in [-0.4, -0.2) is 52.6 Å². The zero-order valence-corrected chi connectivity index (χ0v) is 18.2. The molecule has 0 saturated carbocycles. The molecule has 1 saturated heterocycles. The van der Waals surface area contributed by atoms with Crippen molar-refractivity contribution in [3.05, 3.63) is 58.1 Å². The summed E-state index contributed by atoms with van der Waals surface area (Å²) in [5.74, 6) is 0. The standard InChI is InChI=1S/C20H25Cl2N3O2S/c1-16-3-4-18(22)15-20(16)28(26,27)23-9-2-10-24-11-13-25(14-12-24)19-7-5-17(21)6-8-19/h3-8,15,23H,2,9-14H2,1H3. The molecule has 0 bridgehead atoms. The maximum atomic E-state index is 12.5. The Kier molecular flexibility index (Phi) is 7.23. The van der Waals surface area contributed by atoms with E-state index >= 15 is 0 Å². The van der Waals surface area contributed by atoms with Gasteiger partial charge in [0.15, 0.2) is 0 Å². The van der Waals surface area contributed by atoms with E-state index < -0.39 is 10.0 Å². The lowest BCUT2D eigenvalue weighted by Crippen LogP contribution is -2.47. The Hall–Kier alpha value is -1.31. The molecular weight excluding hydrogens is 417 g/mol. The Morgan fingerprint density at radius 3 is 2.29 bits per heavy atom.